The van der Waals surface area contributed by atoms with E-state index in [9.17, 15) is 9.59 Å². The molecular formula is C33H34N2O3S. The zero-order valence-corrected chi connectivity index (χ0v) is 23.3. The van der Waals surface area contributed by atoms with Crippen LogP contribution in [0, 0.1) is 0 Å². The predicted molar refractivity (Wildman–Crippen MR) is 156 cm³/mol. The Hall–Kier alpha value is -3.90. The van der Waals surface area contributed by atoms with Crippen molar-refractivity contribution in [1.82, 2.24) is 9.80 Å². The first-order valence-electron chi connectivity index (χ1n) is 13.5. The van der Waals surface area contributed by atoms with Crippen molar-refractivity contribution >= 4 is 23.2 Å². The molecule has 5 nitrogen and oxygen atoms in total. The molecule has 0 spiro atoms. The van der Waals surface area contributed by atoms with Gasteiger partial charge in [-0.2, -0.15) is 0 Å². The van der Waals surface area contributed by atoms with Crippen LogP contribution in [0.3, 0.4) is 0 Å². The van der Waals surface area contributed by atoms with Crippen LogP contribution in [0.4, 0.5) is 0 Å². The number of methoxy groups -OCH3 is 1. The van der Waals surface area contributed by atoms with E-state index >= 15 is 0 Å². The van der Waals surface area contributed by atoms with Crippen molar-refractivity contribution in [3.05, 3.63) is 124 Å². The summed E-state index contributed by atoms with van der Waals surface area (Å²) in [7, 11) is 1.65. The Labute approximate surface area is 234 Å². The molecule has 2 amide bonds. The molecule has 1 unspecified atom stereocenters. The Morgan fingerprint density at radius 3 is 2.18 bits per heavy atom. The number of benzene rings is 3. The molecule has 5 rings (SSSR count). The SMILES string of the molecule is CCCN(CC(=O)N1CCc2sccc2C1c1ccc(OC)cc1)C(=O)C(c1ccccc1)c1ccccc1. The van der Waals surface area contributed by atoms with Crippen LogP contribution in [0.2, 0.25) is 0 Å². The van der Waals surface area contributed by atoms with Crippen molar-refractivity contribution in [3.63, 3.8) is 0 Å². The van der Waals surface area contributed by atoms with Gasteiger partial charge >= 0.3 is 0 Å². The monoisotopic (exact) mass is 538 g/mol. The topological polar surface area (TPSA) is 49.9 Å². The van der Waals surface area contributed by atoms with Crippen molar-refractivity contribution in [2.75, 3.05) is 26.7 Å². The fourth-order valence-corrected chi connectivity index (χ4v) is 6.38. The smallest absolute Gasteiger partial charge is 0.242 e. The fraction of sp³-hybridized carbons (Fsp3) is 0.273. The van der Waals surface area contributed by atoms with Gasteiger partial charge < -0.3 is 14.5 Å². The summed E-state index contributed by atoms with van der Waals surface area (Å²) in [6.07, 6.45) is 1.59. The number of thiophene rings is 1. The van der Waals surface area contributed by atoms with Gasteiger partial charge in [-0.3, -0.25) is 9.59 Å². The normalized spacial score (nSPS) is 14.6. The van der Waals surface area contributed by atoms with Crippen LogP contribution < -0.4 is 4.74 Å². The zero-order chi connectivity index (χ0) is 27.2. The number of ether oxygens (including phenoxy) is 1. The van der Waals surface area contributed by atoms with E-state index in [1.54, 1.807) is 23.3 Å². The molecule has 3 aromatic carbocycles. The van der Waals surface area contributed by atoms with Crippen molar-refractivity contribution in [1.29, 1.82) is 0 Å². The Balaban J connectivity index is 1.44. The number of carbonyl (C=O) groups excluding carboxylic acids is 2. The second-order valence-electron chi connectivity index (χ2n) is 9.83. The van der Waals surface area contributed by atoms with Gasteiger partial charge in [-0.05, 0) is 58.7 Å². The first-order valence-corrected chi connectivity index (χ1v) is 14.4. The number of hydrogen-bond acceptors (Lipinski definition) is 4. The van der Waals surface area contributed by atoms with Gasteiger partial charge in [-0.25, -0.2) is 0 Å². The molecule has 1 aliphatic rings. The lowest BCUT2D eigenvalue weighted by atomic mass is 9.89. The number of amides is 2. The molecule has 1 aliphatic heterocycles. The van der Waals surface area contributed by atoms with Crippen LogP contribution in [0.5, 0.6) is 5.75 Å². The minimum Gasteiger partial charge on any atom is -0.497 e. The standard InChI is InChI=1S/C33H34N2O3S/c1-3-20-34(33(37)31(24-10-6-4-7-11-24)25-12-8-5-9-13-25)23-30(36)35-21-18-29-28(19-22-39-29)32(35)26-14-16-27(38-2)17-15-26/h4-17,19,22,31-32H,3,18,20-21,23H2,1-2H3. The molecule has 200 valence electrons. The third-order valence-electron chi connectivity index (χ3n) is 7.36. The molecule has 39 heavy (non-hydrogen) atoms. The molecule has 0 radical (unpaired) electrons. The number of nitrogens with zero attached hydrogens (tertiary/aromatic N) is 2. The molecule has 2 heterocycles. The number of rotatable bonds is 9. The number of hydrogen-bond donors (Lipinski definition) is 0. The van der Waals surface area contributed by atoms with Gasteiger partial charge in [0, 0.05) is 18.0 Å². The van der Waals surface area contributed by atoms with Crippen LogP contribution in [-0.2, 0) is 16.0 Å². The van der Waals surface area contributed by atoms with E-state index in [1.165, 1.54) is 10.4 Å². The summed E-state index contributed by atoms with van der Waals surface area (Å²) in [5, 5.41) is 2.10. The highest BCUT2D eigenvalue weighted by Crippen LogP contribution is 2.38. The lowest BCUT2D eigenvalue weighted by Crippen LogP contribution is -2.48. The average Bonchev–Trinajstić information content (AvgIpc) is 3.47. The van der Waals surface area contributed by atoms with E-state index in [2.05, 4.69) is 11.4 Å². The van der Waals surface area contributed by atoms with Gasteiger partial charge in [0.25, 0.3) is 0 Å². The molecule has 0 fully saturated rings. The molecule has 0 aliphatic carbocycles. The van der Waals surface area contributed by atoms with Crippen LogP contribution in [0.15, 0.2) is 96.4 Å². The van der Waals surface area contributed by atoms with Gasteiger partial charge in [-0.15, -0.1) is 11.3 Å². The summed E-state index contributed by atoms with van der Waals surface area (Å²) < 4.78 is 5.36. The minimum absolute atomic E-state index is 0.0330. The highest BCUT2D eigenvalue weighted by Gasteiger charge is 2.35. The summed E-state index contributed by atoms with van der Waals surface area (Å²) in [5.74, 6) is 0.241. The van der Waals surface area contributed by atoms with Gasteiger partial charge in [0.05, 0.1) is 25.6 Å². The summed E-state index contributed by atoms with van der Waals surface area (Å²) in [6, 6.07) is 29.6. The van der Waals surface area contributed by atoms with E-state index in [0.717, 1.165) is 35.3 Å². The molecule has 6 heteroatoms. The van der Waals surface area contributed by atoms with Crippen LogP contribution in [-0.4, -0.2) is 48.4 Å². The van der Waals surface area contributed by atoms with E-state index < -0.39 is 5.92 Å². The Morgan fingerprint density at radius 2 is 1.59 bits per heavy atom. The second-order valence-corrected chi connectivity index (χ2v) is 10.8. The predicted octanol–water partition coefficient (Wildman–Crippen LogP) is 6.30. The van der Waals surface area contributed by atoms with E-state index in [0.29, 0.717) is 13.1 Å². The minimum atomic E-state index is -0.464. The van der Waals surface area contributed by atoms with E-state index in [4.69, 9.17) is 4.74 Å². The average molecular weight is 539 g/mol. The lowest BCUT2D eigenvalue weighted by Gasteiger charge is -2.38. The Bertz CT molecular complexity index is 1350. The summed E-state index contributed by atoms with van der Waals surface area (Å²) in [6.45, 7) is 3.24. The van der Waals surface area contributed by atoms with Crippen molar-refractivity contribution in [2.45, 2.75) is 31.7 Å². The Kier molecular flexibility index (Phi) is 8.42. The van der Waals surface area contributed by atoms with Crippen molar-refractivity contribution < 1.29 is 14.3 Å². The van der Waals surface area contributed by atoms with Gasteiger partial charge in [0.2, 0.25) is 11.8 Å². The number of carbonyl (C=O) groups is 2. The van der Waals surface area contributed by atoms with E-state index in [1.807, 2.05) is 96.8 Å². The highest BCUT2D eigenvalue weighted by atomic mass is 32.1. The molecular weight excluding hydrogens is 504 g/mol. The second kappa shape index (κ2) is 12.3. The van der Waals surface area contributed by atoms with Crippen LogP contribution in [0.1, 0.15) is 52.4 Å². The third-order valence-corrected chi connectivity index (χ3v) is 8.36. The van der Waals surface area contributed by atoms with Crippen LogP contribution >= 0.6 is 11.3 Å². The fourth-order valence-electron chi connectivity index (χ4n) is 5.47. The molecule has 4 aromatic rings. The quantitative estimate of drug-likeness (QED) is 0.251. The van der Waals surface area contributed by atoms with Crippen molar-refractivity contribution in [2.24, 2.45) is 0 Å². The first kappa shape index (κ1) is 26.7. The molecule has 0 saturated carbocycles. The van der Waals surface area contributed by atoms with Gasteiger partial charge in [0.15, 0.2) is 0 Å². The third kappa shape index (κ3) is 5.76. The maximum atomic E-state index is 14.2. The van der Waals surface area contributed by atoms with E-state index in [-0.39, 0.29) is 24.4 Å². The summed E-state index contributed by atoms with van der Waals surface area (Å²) in [5.41, 5.74) is 4.08. The van der Waals surface area contributed by atoms with Gasteiger partial charge in [0.1, 0.15) is 5.75 Å². The lowest BCUT2D eigenvalue weighted by molar-refractivity contribution is -0.142. The summed E-state index contributed by atoms with van der Waals surface area (Å²) in [4.78, 5) is 33.2. The number of fused-ring (bicyclic) bond motifs is 1. The van der Waals surface area contributed by atoms with Gasteiger partial charge in [-0.1, -0.05) is 79.7 Å². The maximum absolute atomic E-state index is 14.2. The largest absolute Gasteiger partial charge is 0.497 e. The zero-order valence-electron chi connectivity index (χ0n) is 22.5. The van der Waals surface area contributed by atoms with Crippen LogP contribution in [0.25, 0.3) is 0 Å². The first-order chi connectivity index (χ1) is 19.1. The summed E-state index contributed by atoms with van der Waals surface area (Å²) >= 11 is 1.74. The molecule has 0 bridgehead atoms. The molecule has 1 aromatic heterocycles. The Morgan fingerprint density at radius 1 is 0.949 bits per heavy atom. The molecule has 0 saturated heterocycles. The highest BCUT2D eigenvalue weighted by molar-refractivity contribution is 7.10. The molecule has 0 N–H and O–H groups in total. The maximum Gasteiger partial charge on any atom is 0.242 e. The van der Waals surface area contributed by atoms with Crippen molar-refractivity contribution in [3.8, 4) is 5.75 Å². The molecule has 1 atom stereocenters.